The molecular formula is C15H24ClN3O2. The Hall–Kier alpha value is -1.46. The van der Waals surface area contributed by atoms with Crippen LogP contribution in [0.25, 0.3) is 0 Å². The molecule has 21 heavy (non-hydrogen) atoms. The molecule has 0 spiro atoms. The van der Waals surface area contributed by atoms with E-state index in [9.17, 15) is 4.79 Å². The number of nitrogens with two attached hydrogens (primary N) is 1. The Morgan fingerprint density at radius 1 is 1.52 bits per heavy atom. The highest BCUT2D eigenvalue weighted by molar-refractivity contribution is 5.85. The van der Waals surface area contributed by atoms with E-state index < -0.39 is 0 Å². The standard InChI is InChI=1S/C15H23N3O2.ClH/c1-3-18(2)15(19)20-12-6-7-13-11(5-4-8-16)10-17-14(13)9-12;/h6-7,9,11,17H,3-5,8,10,16H2,1-2H3;1H. The molecule has 0 radical (unpaired) electrons. The van der Waals surface area contributed by atoms with Crippen molar-refractivity contribution in [2.24, 2.45) is 5.73 Å². The lowest BCUT2D eigenvalue weighted by Crippen LogP contribution is -2.29. The highest BCUT2D eigenvalue weighted by atomic mass is 35.5. The van der Waals surface area contributed by atoms with Gasteiger partial charge in [-0.25, -0.2) is 4.79 Å². The summed E-state index contributed by atoms with van der Waals surface area (Å²) in [7, 11) is 1.72. The molecule has 0 aliphatic carbocycles. The topological polar surface area (TPSA) is 67.6 Å². The summed E-state index contributed by atoms with van der Waals surface area (Å²) in [5, 5.41) is 3.37. The van der Waals surface area contributed by atoms with Gasteiger partial charge in [-0.15, -0.1) is 12.4 Å². The Kier molecular flexibility index (Phi) is 6.78. The molecule has 0 aromatic heterocycles. The van der Waals surface area contributed by atoms with Crippen molar-refractivity contribution in [1.82, 2.24) is 4.90 Å². The van der Waals surface area contributed by atoms with E-state index in [1.165, 1.54) is 10.5 Å². The SMILES string of the molecule is CCN(C)C(=O)Oc1ccc2c(c1)NCC2CCCN.Cl. The zero-order chi connectivity index (χ0) is 14.5. The third-order valence-corrected chi connectivity index (χ3v) is 3.75. The maximum absolute atomic E-state index is 11.7. The normalized spacial score (nSPS) is 15.7. The fraction of sp³-hybridized carbons (Fsp3) is 0.533. The van der Waals surface area contributed by atoms with Crippen molar-refractivity contribution in [2.75, 3.05) is 32.0 Å². The van der Waals surface area contributed by atoms with Crippen LogP contribution in [0.15, 0.2) is 18.2 Å². The number of nitrogens with zero attached hydrogens (tertiary/aromatic N) is 1. The average Bonchev–Trinajstić information content (AvgIpc) is 2.86. The Morgan fingerprint density at radius 2 is 2.29 bits per heavy atom. The van der Waals surface area contributed by atoms with Gasteiger partial charge in [0.2, 0.25) is 0 Å². The molecular weight excluding hydrogens is 290 g/mol. The predicted octanol–water partition coefficient (Wildman–Crippen LogP) is 2.81. The molecule has 1 atom stereocenters. The zero-order valence-electron chi connectivity index (χ0n) is 12.6. The fourth-order valence-electron chi connectivity index (χ4n) is 2.38. The van der Waals surface area contributed by atoms with Gasteiger partial charge in [0.05, 0.1) is 0 Å². The van der Waals surface area contributed by atoms with Gasteiger partial charge in [0.1, 0.15) is 5.75 Å². The van der Waals surface area contributed by atoms with Crippen molar-refractivity contribution < 1.29 is 9.53 Å². The minimum Gasteiger partial charge on any atom is -0.410 e. The van der Waals surface area contributed by atoms with Gasteiger partial charge in [0.25, 0.3) is 0 Å². The van der Waals surface area contributed by atoms with Crippen LogP contribution in [0, 0.1) is 0 Å². The first kappa shape index (κ1) is 17.6. The molecule has 6 heteroatoms. The van der Waals surface area contributed by atoms with Crippen molar-refractivity contribution in [3.8, 4) is 5.75 Å². The molecule has 1 unspecified atom stereocenters. The summed E-state index contributed by atoms with van der Waals surface area (Å²) >= 11 is 0. The molecule has 1 aliphatic heterocycles. The summed E-state index contributed by atoms with van der Waals surface area (Å²) < 4.78 is 5.34. The van der Waals surface area contributed by atoms with Crippen LogP contribution in [0.1, 0.15) is 31.2 Å². The molecule has 1 aromatic carbocycles. The van der Waals surface area contributed by atoms with Crippen LogP contribution >= 0.6 is 12.4 Å². The number of nitrogens with one attached hydrogen (secondary N) is 1. The lowest BCUT2D eigenvalue weighted by atomic mass is 9.96. The first-order valence-corrected chi connectivity index (χ1v) is 7.16. The van der Waals surface area contributed by atoms with Gasteiger partial charge >= 0.3 is 6.09 Å². The number of amides is 1. The molecule has 3 N–H and O–H groups in total. The molecule has 118 valence electrons. The van der Waals surface area contributed by atoms with Crippen molar-refractivity contribution in [1.29, 1.82) is 0 Å². The minimum atomic E-state index is -0.329. The quantitative estimate of drug-likeness (QED) is 0.877. The van der Waals surface area contributed by atoms with Crippen molar-refractivity contribution in [3.05, 3.63) is 23.8 Å². The van der Waals surface area contributed by atoms with E-state index >= 15 is 0 Å². The van der Waals surface area contributed by atoms with E-state index in [4.69, 9.17) is 10.5 Å². The Bertz CT molecular complexity index is 482. The number of benzene rings is 1. The van der Waals surface area contributed by atoms with E-state index in [2.05, 4.69) is 5.32 Å². The minimum absolute atomic E-state index is 0. The van der Waals surface area contributed by atoms with Crippen LogP contribution in [0.3, 0.4) is 0 Å². The van der Waals surface area contributed by atoms with Crippen LogP contribution in [0.5, 0.6) is 5.75 Å². The number of hydrogen-bond acceptors (Lipinski definition) is 4. The van der Waals surface area contributed by atoms with Gasteiger partial charge in [-0.1, -0.05) is 6.07 Å². The molecule has 1 aromatic rings. The van der Waals surface area contributed by atoms with E-state index in [1.807, 2.05) is 25.1 Å². The fourth-order valence-corrected chi connectivity index (χ4v) is 2.38. The van der Waals surface area contributed by atoms with Crippen LogP contribution in [-0.2, 0) is 0 Å². The number of anilines is 1. The van der Waals surface area contributed by atoms with Gasteiger partial charge in [-0.3, -0.25) is 0 Å². The van der Waals surface area contributed by atoms with Gasteiger partial charge in [-0.2, -0.15) is 0 Å². The number of halogens is 1. The summed E-state index contributed by atoms with van der Waals surface area (Å²) in [6.45, 7) is 4.20. The molecule has 0 saturated heterocycles. The lowest BCUT2D eigenvalue weighted by molar-refractivity contribution is 0.165. The number of ether oxygens (including phenoxy) is 1. The summed E-state index contributed by atoms with van der Waals surface area (Å²) in [4.78, 5) is 13.3. The van der Waals surface area contributed by atoms with Crippen LogP contribution < -0.4 is 15.8 Å². The van der Waals surface area contributed by atoms with Gasteiger partial charge in [0.15, 0.2) is 0 Å². The molecule has 1 aliphatic rings. The number of rotatable bonds is 5. The van der Waals surface area contributed by atoms with Gasteiger partial charge in [-0.05, 0) is 37.9 Å². The number of hydrogen-bond donors (Lipinski definition) is 2. The Morgan fingerprint density at radius 3 is 2.95 bits per heavy atom. The zero-order valence-corrected chi connectivity index (χ0v) is 13.4. The molecule has 0 bridgehead atoms. The van der Waals surface area contributed by atoms with E-state index in [-0.39, 0.29) is 18.5 Å². The Balaban J connectivity index is 0.00000220. The summed E-state index contributed by atoms with van der Waals surface area (Å²) in [6.07, 6.45) is 1.79. The Labute approximate surface area is 132 Å². The third-order valence-electron chi connectivity index (χ3n) is 3.75. The molecule has 5 nitrogen and oxygen atoms in total. The smallest absolute Gasteiger partial charge is 0.410 e. The number of carbonyl (C=O) groups excluding carboxylic acids is 1. The summed E-state index contributed by atoms with van der Waals surface area (Å²) in [5.41, 5.74) is 7.92. The largest absolute Gasteiger partial charge is 0.414 e. The van der Waals surface area contributed by atoms with Crippen molar-refractivity contribution in [3.63, 3.8) is 0 Å². The molecule has 0 fully saturated rings. The van der Waals surface area contributed by atoms with Gasteiger partial charge < -0.3 is 20.7 Å². The first-order chi connectivity index (χ1) is 9.65. The maximum atomic E-state index is 11.7. The summed E-state index contributed by atoms with van der Waals surface area (Å²) in [5.74, 6) is 1.10. The lowest BCUT2D eigenvalue weighted by Gasteiger charge is -2.15. The third kappa shape index (κ3) is 4.25. The second-order valence-corrected chi connectivity index (χ2v) is 5.14. The molecule has 2 rings (SSSR count). The summed E-state index contributed by atoms with van der Waals surface area (Å²) in [6, 6.07) is 5.81. The second kappa shape index (κ2) is 8.10. The van der Waals surface area contributed by atoms with E-state index in [0.717, 1.165) is 31.6 Å². The average molecular weight is 314 g/mol. The van der Waals surface area contributed by atoms with Crippen LogP contribution in [0.2, 0.25) is 0 Å². The van der Waals surface area contributed by atoms with Crippen LogP contribution in [-0.4, -0.2) is 37.7 Å². The van der Waals surface area contributed by atoms with E-state index in [0.29, 0.717) is 18.2 Å². The highest BCUT2D eigenvalue weighted by Crippen LogP contribution is 2.36. The maximum Gasteiger partial charge on any atom is 0.414 e. The van der Waals surface area contributed by atoms with E-state index in [1.54, 1.807) is 7.05 Å². The second-order valence-electron chi connectivity index (χ2n) is 5.14. The van der Waals surface area contributed by atoms with Crippen LogP contribution in [0.4, 0.5) is 10.5 Å². The number of carbonyl (C=O) groups is 1. The molecule has 1 amide bonds. The highest BCUT2D eigenvalue weighted by Gasteiger charge is 2.22. The molecule has 0 saturated carbocycles. The predicted molar refractivity (Wildman–Crippen MR) is 87.5 cm³/mol. The number of fused-ring (bicyclic) bond motifs is 1. The molecule has 1 heterocycles. The van der Waals surface area contributed by atoms with Gasteiger partial charge in [0, 0.05) is 37.8 Å². The van der Waals surface area contributed by atoms with Crippen molar-refractivity contribution >= 4 is 24.2 Å². The monoisotopic (exact) mass is 313 g/mol. The van der Waals surface area contributed by atoms with Crippen molar-refractivity contribution in [2.45, 2.75) is 25.7 Å². The first-order valence-electron chi connectivity index (χ1n) is 7.16.